The Labute approximate surface area is 239 Å². The summed E-state index contributed by atoms with van der Waals surface area (Å²) >= 11 is 1.46. The highest BCUT2D eigenvalue weighted by atomic mass is 32.2. The molecule has 0 bridgehead atoms. The molecule has 0 saturated carbocycles. The SMILES string of the molecule is COc1cc(OC)cc([C@@H]2C(C(=O)OCc3ccccc3)=C(C)N=C3SC=C(CC(=O)N4CCN(C)CC4)N32)c1. The minimum atomic E-state index is -0.582. The average molecular weight is 563 g/mol. The predicted octanol–water partition coefficient (Wildman–Crippen LogP) is 4.19. The summed E-state index contributed by atoms with van der Waals surface area (Å²) in [5, 5.41) is 2.67. The summed E-state index contributed by atoms with van der Waals surface area (Å²) in [5.74, 6) is 0.790. The highest BCUT2D eigenvalue weighted by Gasteiger charge is 2.42. The second-order valence-corrected chi connectivity index (χ2v) is 10.8. The zero-order valence-corrected chi connectivity index (χ0v) is 24.1. The molecule has 10 heteroatoms. The van der Waals surface area contributed by atoms with Gasteiger partial charge in [0.25, 0.3) is 0 Å². The van der Waals surface area contributed by atoms with E-state index in [1.165, 1.54) is 11.8 Å². The largest absolute Gasteiger partial charge is 0.497 e. The highest BCUT2D eigenvalue weighted by Crippen LogP contribution is 2.46. The van der Waals surface area contributed by atoms with E-state index < -0.39 is 12.0 Å². The molecule has 0 unspecified atom stereocenters. The van der Waals surface area contributed by atoms with Crippen molar-refractivity contribution in [1.29, 1.82) is 0 Å². The molecule has 1 fully saturated rings. The van der Waals surface area contributed by atoms with Crippen LogP contribution in [0, 0.1) is 0 Å². The zero-order valence-electron chi connectivity index (χ0n) is 23.3. The van der Waals surface area contributed by atoms with Crippen LogP contribution in [0.4, 0.5) is 0 Å². The van der Waals surface area contributed by atoms with E-state index in [2.05, 4.69) is 11.9 Å². The summed E-state index contributed by atoms with van der Waals surface area (Å²) in [6, 6.07) is 14.5. The second-order valence-electron chi connectivity index (χ2n) is 9.96. The van der Waals surface area contributed by atoms with Gasteiger partial charge >= 0.3 is 5.97 Å². The zero-order chi connectivity index (χ0) is 28.2. The maximum atomic E-state index is 13.7. The standard InChI is InChI=1S/C30H34N4O5S/c1-20-27(29(36)39-18-21-8-6-5-7-9-21)28(22-14-24(37-3)17-25(15-22)38-4)34-23(19-40-30(34)31-20)16-26(35)33-12-10-32(2)11-13-33/h5-9,14-15,17,19,28H,10-13,16,18H2,1-4H3/t28-/m1/s1. The number of allylic oxidation sites excluding steroid dienone is 1. The number of nitrogens with zero attached hydrogens (tertiary/aromatic N) is 4. The minimum Gasteiger partial charge on any atom is -0.497 e. The topological polar surface area (TPSA) is 83.9 Å². The van der Waals surface area contributed by atoms with Crippen molar-refractivity contribution in [2.45, 2.75) is 26.0 Å². The van der Waals surface area contributed by atoms with Crippen LogP contribution in [-0.4, -0.2) is 79.2 Å². The van der Waals surface area contributed by atoms with Gasteiger partial charge in [-0.25, -0.2) is 9.79 Å². The molecule has 0 aromatic heterocycles. The molecular weight excluding hydrogens is 528 g/mol. The van der Waals surface area contributed by atoms with Gasteiger partial charge in [0, 0.05) is 37.9 Å². The first kappa shape index (κ1) is 27.8. The van der Waals surface area contributed by atoms with Gasteiger partial charge in [0.15, 0.2) is 5.17 Å². The maximum Gasteiger partial charge on any atom is 0.338 e. The minimum absolute atomic E-state index is 0.0580. The van der Waals surface area contributed by atoms with Crippen LogP contribution in [0.5, 0.6) is 11.5 Å². The van der Waals surface area contributed by atoms with E-state index in [1.807, 2.05) is 64.6 Å². The van der Waals surface area contributed by atoms with Crippen LogP contribution in [0.1, 0.15) is 30.5 Å². The molecular formula is C30H34N4O5S. The van der Waals surface area contributed by atoms with Crippen molar-refractivity contribution in [3.05, 3.63) is 82.0 Å². The fourth-order valence-electron chi connectivity index (χ4n) is 5.06. The lowest BCUT2D eigenvalue weighted by atomic mass is 9.93. The fraction of sp³-hybridized carbons (Fsp3) is 0.367. The van der Waals surface area contributed by atoms with Gasteiger partial charge in [-0.1, -0.05) is 42.1 Å². The number of amidine groups is 1. The van der Waals surface area contributed by atoms with E-state index >= 15 is 0 Å². The smallest absolute Gasteiger partial charge is 0.338 e. The van der Waals surface area contributed by atoms with E-state index in [0.717, 1.165) is 29.9 Å². The van der Waals surface area contributed by atoms with E-state index in [0.29, 0.717) is 41.0 Å². The van der Waals surface area contributed by atoms with E-state index in [4.69, 9.17) is 19.2 Å². The maximum absolute atomic E-state index is 13.7. The summed E-state index contributed by atoms with van der Waals surface area (Å²) < 4.78 is 16.9. The van der Waals surface area contributed by atoms with Crippen LogP contribution in [0.15, 0.2) is 75.9 Å². The molecule has 5 rings (SSSR count). The van der Waals surface area contributed by atoms with E-state index in [9.17, 15) is 9.59 Å². The van der Waals surface area contributed by atoms with Gasteiger partial charge in [0.1, 0.15) is 18.1 Å². The number of benzene rings is 2. The Kier molecular flexibility index (Phi) is 8.46. The Morgan fingerprint density at radius 1 is 1.00 bits per heavy atom. The highest BCUT2D eigenvalue weighted by molar-refractivity contribution is 8.16. The van der Waals surface area contributed by atoms with Gasteiger partial charge in [-0.2, -0.15) is 0 Å². The normalized spacial score (nSPS) is 19.1. The van der Waals surface area contributed by atoms with Crippen LogP contribution in [0.3, 0.4) is 0 Å². The molecule has 3 aliphatic rings. The molecule has 3 heterocycles. The average Bonchev–Trinajstić information content (AvgIpc) is 3.37. The number of aliphatic imine (C=N–C) groups is 1. The van der Waals surface area contributed by atoms with Gasteiger partial charge in [-0.15, -0.1) is 0 Å². The summed E-state index contributed by atoms with van der Waals surface area (Å²) in [6.07, 6.45) is 0.207. The molecule has 40 heavy (non-hydrogen) atoms. The van der Waals surface area contributed by atoms with Crippen molar-refractivity contribution in [3.63, 3.8) is 0 Å². The number of ether oxygens (including phenoxy) is 3. The van der Waals surface area contributed by atoms with Crippen molar-refractivity contribution >= 4 is 28.8 Å². The first-order valence-electron chi connectivity index (χ1n) is 13.2. The Morgan fingerprint density at radius 3 is 2.33 bits per heavy atom. The number of carbonyl (C=O) groups is 2. The molecule has 210 valence electrons. The van der Waals surface area contributed by atoms with Crippen molar-refractivity contribution in [1.82, 2.24) is 14.7 Å². The van der Waals surface area contributed by atoms with Crippen molar-refractivity contribution in [2.75, 3.05) is 47.4 Å². The number of hydrogen-bond acceptors (Lipinski definition) is 9. The number of likely N-dealkylation sites (N-methyl/N-ethyl adjacent to an activating group) is 1. The third-order valence-electron chi connectivity index (χ3n) is 7.31. The monoisotopic (exact) mass is 562 g/mol. The fourth-order valence-corrected chi connectivity index (χ4v) is 6.02. The first-order valence-corrected chi connectivity index (χ1v) is 14.1. The Hall–Kier alpha value is -3.76. The summed E-state index contributed by atoms with van der Waals surface area (Å²) in [7, 11) is 5.25. The number of esters is 1. The second kappa shape index (κ2) is 12.2. The van der Waals surface area contributed by atoms with Crippen molar-refractivity contribution in [3.8, 4) is 11.5 Å². The number of methoxy groups -OCH3 is 2. The molecule has 0 aliphatic carbocycles. The number of carbonyl (C=O) groups excluding carboxylic acids is 2. The molecule has 1 saturated heterocycles. The van der Waals surface area contributed by atoms with Crippen LogP contribution >= 0.6 is 11.8 Å². The van der Waals surface area contributed by atoms with Gasteiger partial charge in [0.05, 0.1) is 38.0 Å². The molecule has 0 spiro atoms. The third kappa shape index (κ3) is 5.88. The lowest BCUT2D eigenvalue weighted by molar-refractivity contribution is -0.141. The number of hydrogen-bond donors (Lipinski definition) is 0. The predicted molar refractivity (Wildman–Crippen MR) is 155 cm³/mol. The Morgan fingerprint density at radius 2 is 1.68 bits per heavy atom. The van der Waals surface area contributed by atoms with Crippen molar-refractivity contribution in [2.24, 2.45) is 4.99 Å². The number of rotatable bonds is 8. The van der Waals surface area contributed by atoms with E-state index in [1.54, 1.807) is 20.3 Å². The Balaban J connectivity index is 1.49. The molecule has 2 aromatic rings. The number of thioether (sulfide) groups is 1. The number of amides is 1. The first-order chi connectivity index (χ1) is 19.4. The van der Waals surface area contributed by atoms with Gasteiger partial charge < -0.3 is 28.9 Å². The summed E-state index contributed by atoms with van der Waals surface area (Å²) in [5.41, 5.74) is 3.44. The van der Waals surface area contributed by atoms with Crippen LogP contribution < -0.4 is 9.47 Å². The third-order valence-corrected chi connectivity index (χ3v) is 8.20. The quantitative estimate of drug-likeness (QED) is 0.443. The molecule has 1 atom stereocenters. The number of fused-ring (bicyclic) bond motifs is 1. The molecule has 0 radical (unpaired) electrons. The molecule has 9 nitrogen and oxygen atoms in total. The summed E-state index contributed by atoms with van der Waals surface area (Å²) in [4.78, 5) is 38.0. The van der Waals surface area contributed by atoms with E-state index in [-0.39, 0.29) is 18.9 Å². The Bertz CT molecular complexity index is 1340. The van der Waals surface area contributed by atoms with Crippen LogP contribution in [0.2, 0.25) is 0 Å². The van der Waals surface area contributed by atoms with Crippen LogP contribution in [-0.2, 0) is 20.9 Å². The molecule has 0 N–H and O–H groups in total. The summed E-state index contributed by atoms with van der Waals surface area (Å²) in [6.45, 7) is 5.05. The van der Waals surface area contributed by atoms with Gasteiger partial charge in [-0.05, 0) is 42.6 Å². The molecule has 2 aromatic carbocycles. The molecule has 3 aliphatic heterocycles. The van der Waals surface area contributed by atoms with Crippen molar-refractivity contribution < 1.29 is 23.8 Å². The lowest BCUT2D eigenvalue weighted by Crippen LogP contribution is -2.47. The molecule has 1 amide bonds. The van der Waals surface area contributed by atoms with Gasteiger partial charge in [0.2, 0.25) is 5.91 Å². The number of piperazine rings is 1. The van der Waals surface area contributed by atoms with Gasteiger partial charge in [-0.3, -0.25) is 4.79 Å². The van der Waals surface area contributed by atoms with Crippen LogP contribution in [0.25, 0.3) is 0 Å². The lowest BCUT2D eigenvalue weighted by Gasteiger charge is -2.37.